The molecule has 0 heterocycles. The van der Waals surface area contributed by atoms with Crippen LogP contribution in [0.3, 0.4) is 0 Å². The number of nitrogens with one attached hydrogen (secondary N) is 1. The lowest BCUT2D eigenvalue weighted by Gasteiger charge is -2.19. The topological polar surface area (TPSA) is 38.0 Å². The average Bonchev–Trinajstić information content (AvgIpc) is 2.42. The molecule has 0 amide bonds. The molecule has 2 aromatic rings. The van der Waals surface area contributed by atoms with E-state index in [1.54, 1.807) is 0 Å². The van der Waals surface area contributed by atoms with E-state index in [1.165, 1.54) is 13.0 Å². The van der Waals surface area contributed by atoms with Gasteiger partial charge in [0.15, 0.2) is 0 Å². The van der Waals surface area contributed by atoms with E-state index in [4.69, 9.17) is 5.84 Å². The SMILES string of the molecule is Cc1ccc(F)c(C(NN)c2cc(F)ccc2F)c1F. The van der Waals surface area contributed by atoms with Crippen molar-refractivity contribution in [3.05, 3.63) is 70.3 Å². The first-order valence-corrected chi connectivity index (χ1v) is 5.81. The standard InChI is InChI=1S/C14H12F4N2/c1-7-2-4-11(17)12(13(7)18)14(20-19)9-6-8(15)3-5-10(9)16/h2-6,14,20H,19H2,1H3. The summed E-state index contributed by atoms with van der Waals surface area (Å²) >= 11 is 0. The maximum atomic E-state index is 14.1. The highest BCUT2D eigenvalue weighted by atomic mass is 19.1. The highest BCUT2D eigenvalue weighted by Crippen LogP contribution is 2.29. The summed E-state index contributed by atoms with van der Waals surface area (Å²) in [5.41, 5.74) is 1.59. The van der Waals surface area contributed by atoms with E-state index in [0.717, 1.165) is 24.3 Å². The van der Waals surface area contributed by atoms with Crippen molar-refractivity contribution in [3.63, 3.8) is 0 Å². The lowest BCUT2D eigenvalue weighted by atomic mass is 9.96. The summed E-state index contributed by atoms with van der Waals surface area (Å²) in [4.78, 5) is 0. The first kappa shape index (κ1) is 14.5. The summed E-state index contributed by atoms with van der Waals surface area (Å²) in [5.74, 6) is 1.99. The van der Waals surface area contributed by atoms with Crippen LogP contribution in [0.15, 0.2) is 30.3 Å². The van der Waals surface area contributed by atoms with Gasteiger partial charge in [-0.3, -0.25) is 5.84 Å². The van der Waals surface area contributed by atoms with E-state index < -0.39 is 34.9 Å². The predicted octanol–water partition coefficient (Wildman–Crippen LogP) is 3.10. The molecule has 0 aliphatic heterocycles. The Labute approximate surface area is 113 Å². The van der Waals surface area contributed by atoms with E-state index in [2.05, 4.69) is 5.43 Å². The first-order valence-electron chi connectivity index (χ1n) is 5.81. The van der Waals surface area contributed by atoms with Crippen LogP contribution >= 0.6 is 0 Å². The summed E-state index contributed by atoms with van der Waals surface area (Å²) < 4.78 is 54.9. The Bertz CT molecular complexity index is 643. The van der Waals surface area contributed by atoms with Crippen molar-refractivity contribution < 1.29 is 17.6 Å². The molecule has 0 saturated carbocycles. The molecule has 3 N–H and O–H groups in total. The van der Waals surface area contributed by atoms with E-state index >= 15 is 0 Å². The molecule has 0 radical (unpaired) electrons. The quantitative estimate of drug-likeness (QED) is 0.516. The summed E-state index contributed by atoms with van der Waals surface area (Å²) in [5, 5.41) is 0. The molecular formula is C14H12F4N2. The number of hydrogen-bond acceptors (Lipinski definition) is 2. The first-order chi connectivity index (χ1) is 9.45. The van der Waals surface area contributed by atoms with Crippen LogP contribution in [0.2, 0.25) is 0 Å². The molecule has 0 aliphatic carbocycles. The van der Waals surface area contributed by atoms with Crippen molar-refractivity contribution in [2.45, 2.75) is 13.0 Å². The van der Waals surface area contributed by atoms with Gasteiger partial charge >= 0.3 is 0 Å². The van der Waals surface area contributed by atoms with Crippen molar-refractivity contribution in [2.75, 3.05) is 0 Å². The van der Waals surface area contributed by atoms with Gasteiger partial charge in [-0.25, -0.2) is 23.0 Å². The van der Waals surface area contributed by atoms with Crippen LogP contribution in [0.1, 0.15) is 22.7 Å². The zero-order chi connectivity index (χ0) is 14.9. The van der Waals surface area contributed by atoms with Gasteiger partial charge in [0.05, 0.1) is 6.04 Å². The number of halogens is 4. The molecule has 0 bridgehead atoms. The summed E-state index contributed by atoms with van der Waals surface area (Å²) in [6.45, 7) is 1.44. The fraction of sp³-hybridized carbons (Fsp3) is 0.143. The third kappa shape index (κ3) is 2.52. The van der Waals surface area contributed by atoms with Crippen molar-refractivity contribution >= 4 is 0 Å². The molecule has 6 heteroatoms. The Morgan fingerprint density at radius 3 is 2.30 bits per heavy atom. The summed E-state index contributed by atoms with van der Waals surface area (Å²) in [6, 6.07) is 3.61. The zero-order valence-electron chi connectivity index (χ0n) is 10.6. The predicted molar refractivity (Wildman–Crippen MR) is 66.6 cm³/mol. The van der Waals surface area contributed by atoms with Crippen LogP contribution in [0.25, 0.3) is 0 Å². The van der Waals surface area contributed by atoms with Gasteiger partial charge in [-0.05, 0) is 36.8 Å². The van der Waals surface area contributed by atoms with Crippen LogP contribution in [0.5, 0.6) is 0 Å². The molecule has 2 rings (SSSR count). The Kier molecular flexibility index (Phi) is 4.06. The van der Waals surface area contributed by atoms with Crippen molar-refractivity contribution in [2.24, 2.45) is 5.84 Å². The van der Waals surface area contributed by atoms with Gasteiger partial charge < -0.3 is 0 Å². The fourth-order valence-corrected chi connectivity index (χ4v) is 2.01. The fourth-order valence-electron chi connectivity index (χ4n) is 2.01. The Balaban J connectivity index is 2.64. The van der Waals surface area contributed by atoms with Gasteiger partial charge in [-0.1, -0.05) is 6.07 Å². The second-order valence-electron chi connectivity index (χ2n) is 4.36. The molecule has 1 unspecified atom stereocenters. The Hall–Kier alpha value is -1.92. The minimum atomic E-state index is -1.33. The minimum Gasteiger partial charge on any atom is -0.271 e. The lowest BCUT2D eigenvalue weighted by molar-refractivity contribution is 0.488. The molecular weight excluding hydrogens is 272 g/mol. The van der Waals surface area contributed by atoms with Crippen LogP contribution in [0, 0.1) is 30.2 Å². The third-order valence-electron chi connectivity index (χ3n) is 3.04. The number of rotatable bonds is 3. The molecule has 0 aliphatic rings. The molecule has 0 fully saturated rings. The van der Waals surface area contributed by atoms with Gasteiger partial charge in [0.25, 0.3) is 0 Å². The lowest BCUT2D eigenvalue weighted by Crippen LogP contribution is -2.31. The summed E-state index contributed by atoms with van der Waals surface area (Å²) in [6.07, 6.45) is 0. The molecule has 106 valence electrons. The van der Waals surface area contributed by atoms with Gasteiger partial charge in [0, 0.05) is 11.1 Å². The van der Waals surface area contributed by atoms with Crippen LogP contribution in [-0.4, -0.2) is 0 Å². The monoisotopic (exact) mass is 284 g/mol. The Morgan fingerprint density at radius 2 is 1.65 bits per heavy atom. The van der Waals surface area contributed by atoms with Gasteiger partial charge in [-0.2, -0.15) is 0 Å². The molecule has 0 spiro atoms. The smallest absolute Gasteiger partial charge is 0.134 e. The normalized spacial score (nSPS) is 12.5. The summed E-state index contributed by atoms with van der Waals surface area (Å²) in [7, 11) is 0. The molecule has 2 nitrogen and oxygen atoms in total. The molecule has 0 saturated heterocycles. The second kappa shape index (κ2) is 5.60. The van der Waals surface area contributed by atoms with E-state index in [1.807, 2.05) is 0 Å². The van der Waals surface area contributed by atoms with Crippen molar-refractivity contribution in [1.82, 2.24) is 5.43 Å². The number of aryl methyl sites for hydroxylation is 1. The number of hydrogen-bond donors (Lipinski definition) is 2. The zero-order valence-corrected chi connectivity index (χ0v) is 10.6. The average molecular weight is 284 g/mol. The highest BCUT2D eigenvalue weighted by Gasteiger charge is 2.25. The molecule has 1 atom stereocenters. The number of hydrazine groups is 1. The Morgan fingerprint density at radius 1 is 1.00 bits per heavy atom. The van der Waals surface area contributed by atoms with Gasteiger partial charge in [-0.15, -0.1) is 0 Å². The maximum absolute atomic E-state index is 14.1. The minimum absolute atomic E-state index is 0.179. The second-order valence-corrected chi connectivity index (χ2v) is 4.36. The maximum Gasteiger partial charge on any atom is 0.134 e. The van der Waals surface area contributed by atoms with E-state index in [9.17, 15) is 17.6 Å². The van der Waals surface area contributed by atoms with Gasteiger partial charge in [0.2, 0.25) is 0 Å². The number of nitrogens with two attached hydrogens (primary N) is 1. The molecule has 0 aromatic heterocycles. The highest BCUT2D eigenvalue weighted by molar-refractivity contribution is 5.37. The van der Waals surface area contributed by atoms with E-state index in [-0.39, 0.29) is 11.1 Å². The van der Waals surface area contributed by atoms with Crippen molar-refractivity contribution in [1.29, 1.82) is 0 Å². The molecule has 20 heavy (non-hydrogen) atoms. The van der Waals surface area contributed by atoms with Crippen molar-refractivity contribution in [3.8, 4) is 0 Å². The van der Waals surface area contributed by atoms with Crippen LogP contribution in [-0.2, 0) is 0 Å². The third-order valence-corrected chi connectivity index (χ3v) is 3.04. The molecule has 2 aromatic carbocycles. The largest absolute Gasteiger partial charge is 0.271 e. The number of benzene rings is 2. The van der Waals surface area contributed by atoms with Crippen LogP contribution < -0.4 is 11.3 Å². The van der Waals surface area contributed by atoms with Gasteiger partial charge in [0.1, 0.15) is 23.3 Å². The van der Waals surface area contributed by atoms with Crippen LogP contribution in [0.4, 0.5) is 17.6 Å². The van der Waals surface area contributed by atoms with E-state index in [0.29, 0.717) is 0 Å².